The maximum absolute atomic E-state index is 6.01. The summed E-state index contributed by atoms with van der Waals surface area (Å²) in [5.74, 6) is 0. The lowest BCUT2D eigenvalue weighted by molar-refractivity contribution is 0.630. The van der Waals surface area contributed by atoms with Crippen LogP contribution in [0.4, 0.5) is 0 Å². The number of hydrogen-bond acceptors (Lipinski definition) is 1. The third-order valence-electron chi connectivity index (χ3n) is 3.78. The zero-order valence-electron chi connectivity index (χ0n) is 10.8. The molecule has 1 aliphatic rings. The van der Waals surface area contributed by atoms with E-state index in [-0.39, 0.29) is 0 Å². The number of benzene rings is 1. The summed E-state index contributed by atoms with van der Waals surface area (Å²) in [6, 6.07) is 5.89. The van der Waals surface area contributed by atoms with Crippen LogP contribution in [0.3, 0.4) is 0 Å². The number of aryl methyl sites for hydroxylation is 1. The van der Waals surface area contributed by atoms with E-state index in [4.69, 9.17) is 23.8 Å². The molecule has 1 aromatic carbocycles. The molecule has 0 unspecified atom stereocenters. The Labute approximate surface area is 123 Å². The molecule has 1 heterocycles. The van der Waals surface area contributed by atoms with Crippen LogP contribution in [0.25, 0.3) is 11.0 Å². The molecule has 0 saturated heterocycles. The molecule has 19 heavy (non-hydrogen) atoms. The van der Waals surface area contributed by atoms with Crippen molar-refractivity contribution in [3.63, 3.8) is 0 Å². The number of rotatable bonds is 3. The Kier molecular flexibility index (Phi) is 3.76. The second-order valence-electron chi connectivity index (χ2n) is 5.10. The number of aromatic nitrogens is 2. The predicted molar refractivity (Wildman–Crippen MR) is 83.3 cm³/mol. The monoisotopic (exact) mass is 292 g/mol. The lowest BCUT2D eigenvalue weighted by atomic mass is 9.97. The van der Waals surface area contributed by atoms with E-state index in [0.29, 0.717) is 0 Å². The van der Waals surface area contributed by atoms with Crippen molar-refractivity contribution in [2.45, 2.75) is 38.6 Å². The highest BCUT2D eigenvalue weighted by Crippen LogP contribution is 2.23. The first-order chi connectivity index (χ1) is 9.24. The summed E-state index contributed by atoms with van der Waals surface area (Å²) < 4.78 is 2.96. The summed E-state index contributed by atoms with van der Waals surface area (Å²) in [5.41, 5.74) is 3.75. The number of allylic oxidation sites excluding steroid dienone is 2. The van der Waals surface area contributed by atoms with Crippen molar-refractivity contribution in [3.05, 3.63) is 39.6 Å². The van der Waals surface area contributed by atoms with Gasteiger partial charge >= 0.3 is 0 Å². The summed E-state index contributed by atoms with van der Waals surface area (Å²) in [6.45, 7) is 0.951. The average molecular weight is 293 g/mol. The highest BCUT2D eigenvalue weighted by molar-refractivity contribution is 7.71. The number of hydrogen-bond donors (Lipinski definition) is 1. The first kappa shape index (κ1) is 12.9. The molecule has 1 aromatic heterocycles. The largest absolute Gasteiger partial charge is 0.331 e. The van der Waals surface area contributed by atoms with Crippen LogP contribution in [-0.4, -0.2) is 9.55 Å². The molecule has 0 amide bonds. The SMILES string of the molecule is S=c1[nH]c2cc(Cl)ccc2n1CCC1=CCCCC1. The van der Waals surface area contributed by atoms with Crippen LogP contribution < -0.4 is 0 Å². The van der Waals surface area contributed by atoms with Crippen molar-refractivity contribution in [2.75, 3.05) is 0 Å². The standard InChI is InChI=1S/C15H17ClN2S/c16-12-6-7-14-13(10-12)17-15(19)18(14)9-8-11-4-2-1-3-5-11/h4,6-7,10H,1-3,5,8-9H2,(H,17,19). The first-order valence-corrected chi connectivity index (χ1v) is 7.58. The summed E-state index contributed by atoms with van der Waals surface area (Å²) in [4.78, 5) is 3.23. The molecular formula is C15H17ClN2S. The smallest absolute Gasteiger partial charge is 0.178 e. The zero-order chi connectivity index (χ0) is 13.2. The Bertz CT molecular complexity index is 681. The fourth-order valence-electron chi connectivity index (χ4n) is 2.74. The zero-order valence-corrected chi connectivity index (χ0v) is 12.4. The van der Waals surface area contributed by atoms with Crippen LogP contribution >= 0.6 is 23.8 Å². The Hall–Kier alpha value is -1.06. The van der Waals surface area contributed by atoms with Gasteiger partial charge in [0.15, 0.2) is 4.77 Å². The van der Waals surface area contributed by atoms with E-state index in [0.717, 1.165) is 33.8 Å². The normalized spacial score (nSPS) is 15.7. The van der Waals surface area contributed by atoms with Gasteiger partial charge in [0.1, 0.15) is 0 Å². The number of aromatic amines is 1. The van der Waals surface area contributed by atoms with E-state index < -0.39 is 0 Å². The Morgan fingerprint density at radius 1 is 1.32 bits per heavy atom. The summed E-state index contributed by atoms with van der Waals surface area (Å²) in [5, 5.41) is 0.742. The van der Waals surface area contributed by atoms with Crippen molar-refractivity contribution in [1.82, 2.24) is 9.55 Å². The van der Waals surface area contributed by atoms with Gasteiger partial charge in [-0.1, -0.05) is 23.3 Å². The molecule has 0 atom stereocenters. The molecule has 2 aromatic rings. The second kappa shape index (κ2) is 5.51. The van der Waals surface area contributed by atoms with Crippen LogP contribution in [0, 0.1) is 4.77 Å². The number of H-pyrrole nitrogens is 1. The van der Waals surface area contributed by atoms with Crippen molar-refractivity contribution < 1.29 is 0 Å². The minimum Gasteiger partial charge on any atom is -0.331 e. The molecule has 0 aliphatic heterocycles. The summed E-state index contributed by atoms with van der Waals surface area (Å²) in [7, 11) is 0. The van der Waals surface area contributed by atoms with Gasteiger partial charge in [0, 0.05) is 11.6 Å². The van der Waals surface area contributed by atoms with Crippen molar-refractivity contribution >= 4 is 34.9 Å². The van der Waals surface area contributed by atoms with E-state index in [9.17, 15) is 0 Å². The van der Waals surface area contributed by atoms with E-state index in [1.54, 1.807) is 5.57 Å². The van der Waals surface area contributed by atoms with Crippen LogP contribution in [-0.2, 0) is 6.54 Å². The van der Waals surface area contributed by atoms with E-state index in [1.165, 1.54) is 25.7 Å². The van der Waals surface area contributed by atoms with Gasteiger partial charge in [-0.25, -0.2) is 0 Å². The molecule has 0 fully saturated rings. The second-order valence-corrected chi connectivity index (χ2v) is 5.92. The highest BCUT2D eigenvalue weighted by atomic mass is 35.5. The Balaban J connectivity index is 1.86. The quantitative estimate of drug-likeness (QED) is 0.606. The van der Waals surface area contributed by atoms with E-state index in [2.05, 4.69) is 15.6 Å². The highest BCUT2D eigenvalue weighted by Gasteiger charge is 2.07. The minimum atomic E-state index is 0.742. The fraction of sp³-hybridized carbons (Fsp3) is 0.400. The number of halogens is 1. The van der Waals surface area contributed by atoms with Crippen LogP contribution in [0.5, 0.6) is 0 Å². The van der Waals surface area contributed by atoms with Gasteiger partial charge in [0.25, 0.3) is 0 Å². The van der Waals surface area contributed by atoms with Crippen molar-refractivity contribution in [1.29, 1.82) is 0 Å². The van der Waals surface area contributed by atoms with Crippen LogP contribution in [0.1, 0.15) is 32.1 Å². The molecular weight excluding hydrogens is 276 g/mol. The third kappa shape index (κ3) is 2.77. The minimum absolute atomic E-state index is 0.742. The van der Waals surface area contributed by atoms with E-state index in [1.807, 2.05) is 18.2 Å². The van der Waals surface area contributed by atoms with Crippen molar-refractivity contribution in [2.24, 2.45) is 0 Å². The van der Waals surface area contributed by atoms with Gasteiger partial charge in [-0.2, -0.15) is 0 Å². The molecule has 3 rings (SSSR count). The number of imidazole rings is 1. The van der Waals surface area contributed by atoms with Gasteiger partial charge in [-0.3, -0.25) is 0 Å². The first-order valence-electron chi connectivity index (χ1n) is 6.80. The number of fused-ring (bicyclic) bond motifs is 1. The lowest BCUT2D eigenvalue weighted by Gasteiger charge is -2.13. The molecule has 100 valence electrons. The topological polar surface area (TPSA) is 20.7 Å². The fourth-order valence-corrected chi connectivity index (χ4v) is 3.22. The van der Waals surface area contributed by atoms with Gasteiger partial charge < -0.3 is 9.55 Å². The maximum atomic E-state index is 6.01. The van der Waals surface area contributed by atoms with Crippen LogP contribution in [0.15, 0.2) is 29.8 Å². The molecule has 4 heteroatoms. The Morgan fingerprint density at radius 2 is 2.21 bits per heavy atom. The van der Waals surface area contributed by atoms with Gasteiger partial charge in [0.05, 0.1) is 11.0 Å². The number of nitrogens with one attached hydrogen (secondary N) is 1. The molecule has 1 N–H and O–H groups in total. The van der Waals surface area contributed by atoms with Gasteiger partial charge in [-0.15, -0.1) is 0 Å². The molecule has 0 bridgehead atoms. The number of nitrogens with zero attached hydrogens (tertiary/aromatic N) is 1. The molecule has 0 saturated carbocycles. The van der Waals surface area contributed by atoms with Crippen molar-refractivity contribution in [3.8, 4) is 0 Å². The Morgan fingerprint density at radius 3 is 3.00 bits per heavy atom. The van der Waals surface area contributed by atoms with E-state index >= 15 is 0 Å². The average Bonchev–Trinajstić information content (AvgIpc) is 2.72. The molecule has 1 aliphatic carbocycles. The van der Waals surface area contributed by atoms with Gasteiger partial charge in [0.2, 0.25) is 0 Å². The maximum Gasteiger partial charge on any atom is 0.178 e. The summed E-state index contributed by atoms with van der Waals surface area (Å²) >= 11 is 11.4. The van der Waals surface area contributed by atoms with Crippen LogP contribution in [0.2, 0.25) is 5.02 Å². The molecule has 2 nitrogen and oxygen atoms in total. The molecule has 0 radical (unpaired) electrons. The van der Waals surface area contributed by atoms with Gasteiger partial charge in [-0.05, 0) is 62.5 Å². The predicted octanol–water partition coefficient (Wildman–Crippen LogP) is 5.24. The summed E-state index contributed by atoms with van der Waals surface area (Å²) in [6.07, 6.45) is 8.67. The lowest BCUT2D eigenvalue weighted by Crippen LogP contribution is -2.01. The molecule has 0 spiro atoms. The third-order valence-corrected chi connectivity index (χ3v) is 4.34.